The molecule has 1 amide bonds. The lowest BCUT2D eigenvalue weighted by Crippen LogP contribution is -2.08. The van der Waals surface area contributed by atoms with Crippen molar-refractivity contribution in [1.29, 1.82) is 0 Å². The van der Waals surface area contributed by atoms with E-state index in [2.05, 4.69) is 21.4 Å². The maximum absolute atomic E-state index is 12.3. The molecule has 0 aliphatic carbocycles. The normalized spacial score (nSPS) is 11.3. The Morgan fingerprint density at radius 1 is 1.15 bits per heavy atom. The molecular weight excluding hydrogens is 362 g/mol. The second kappa shape index (κ2) is 7.13. The minimum atomic E-state index is -0.295. The van der Waals surface area contributed by atoms with Crippen molar-refractivity contribution in [2.75, 3.05) is 12.4 Å². The number of carbonyl (C=O) groups excluding carboxylic acids is 1. The zero-order valence-electron chi connectivity index (χ0n) is 14.5. The van der Waals surface area contributed by atoms with Crippen LogP contribution in [0.1, 0.15) is 5.69 Å². The molecule has 134 valence electrons. The number of ether oxygens (including phenoxy) is 1. The van der Waals surface area contributed by atoms with E-state index in [0.29, 0.717) is 22.2 Å². The van der Waals surface area contributed by atoms with Crippen molar-refractivity contribution in [2.45, 2.75) is 0 Å². The Hall–Kier alpha value is -3.31. The van der Waals surface area contributed by atoms with Gasteiger partial charge in [0.1, 0.15) is 5.75 Å². The molecule has 0 saturated heterocycles. The summed E-state index contributed by atoms with van der Waals surface area (Å²) in [6, 6.07) is 15.1. The van der Waals surface area contributed by atoms with Crippen LogP contribution in [0, 0.1) is 0 Å². The second-order valence-corrected chi connectivity index (χ2v) is 6.43. The molecule has 0 unspecified atom stereocenters. The van der Waals surface area contributed by atoms with E-state index in [1.807, 2.05) is 24.3 Å². The first-order valence-electron chi connectivity index (χ1n) is 8.33. The molecule has 0 saturated carbocycles. The van der Waals surface area contributed by atoms with Crippen LogP contribution in [0.25, 0.3) is 27.9 Å². The number of pyridine rings is 1. The van der Waals surface area contributed by atoms with Gasteiger partial charge in [0.05, 0.1) is 30.2 Å². The first kappa shape index (κ1) is 17.1. The number of aromatic amines is 1. The highest BCUT2D eigenvalue weighted by atomic mass is 35.5. The second-order valence-electron chi connectivity index (χ2n) is 5.99. The van der Waals surface area contributed by atoms with E-state index in [1.165, 1.54) is 13.2 Å². The number of anilines is 1. The summed E-state index contributed by atoms with van der Waals surface area (Å²) in [7, 11) is 1.54. The first-order chi connectivity index (χ1) is 13.1. The van der Waals surface area contributed by atoms with Crippen LogP contribution in [0.15, 0.2) is 60.8 Å². The number of amides is 1. The summed E-state index contributed by atoms with van der Waals surface area (Å²) in [4.78, 5) is 20.0. The molecule has 0 spiro atoms. The standard InChI is InChI=1S/C21H16ClN3O2/c1-27-20-8-6-13(22)10-18(20)25-21(26)9-7-14-11-16-15-4-2-3-5-17(15)24-19(16)12-23-14/h2-12,24H,1H3,(H,25,26)/b9-7+. The first-order valence-corrected chi connectivity index (χ1v) is 8.71. The van der Waals surface area contributed by atoms with Crippen molar-refractivity contribution in [3.63, 3.8) is 0 Å². The van der Waals surface area contributed by atoms with Gasteiger partial charge >= 0.3 is 0 Å². The Morgan fingerprint density at radius 3 is 2.85 bits per heavy atom. The number of hydrogen-bond donors (Lipinski definition) is 2. The third kappa shape index (κ3) is 3.50. The molecule has 4 rings (SSSR count). The molecule has 5 nitrogen and oxygen atoms in total. The summed E-state index contributed by atoms with van der Waals surface area (Å²) >= 11 is 5.98. The van der Waals surface area contributed by atoms with Crippen LogP contribution < -0.4 is 10.1 Å². The molecule has 2 N–H and O–H groups in total. The summed E-state index contributed by atoms with van der Waals surface area (Å²) in [6.45, 7) is 0. The van der Waals surface area contributed by atoms with Crippen LogP contribution >= 0.6 is 11.6 Å². The number of methoxy groups -OCH3 is 1. The molecule has 6 heteroatoms. The molecule has 4 aromatic rings. The molecule has 0 fully saturated rings. The fraction of sp³-hybridized carbons (Fsp3) is 0.0476. The SMILES string of the molecule is COc1ccc(Cl)cc1NC(=O)/C=C/c1cc2c(cn1)[nH]c1ccccc12. The number of nitrogens with one attached hydrogen (secondary N) is 2. The fourth-order valence-corrected chi connectivity index (χ4v) is 3.14. The molecule has 0 aliphatic rings. The molecule has 27 heavy (non-hydrogen) atoms. The zero-order valence-corrected chi connectivity index (χ0v) is 15.2. The van der Waals surface area contributed by atoms with E-state index in [1.54, 1.807) is 30.5 Å². The van der Waals surface area contributed by atoms with Gasteiger partial charge < -0.3 is 15.0 Å². The predicted octanol–water partition coefficient (Wildman–Crippen LogP) is 5.03. The lowest BCUT2D eigenvalue weighted by molar-refractivity contribution is -0.111. The lowest BCUT2D eigenvalue weighted by atomic mass is 10.1. The van der Waals surface area contributed by atoms with Crippen LogP contribution in [-0.4, -0.2) is 23.0 Å². The average Bonchev–Trinajstić information content (AvgIpc) is 3.04. The highest BCUT2D eigenvalue weighted by molar-refractivity contribution is 6.31. The molecule has 0 bridgehead atoms. The number of fused-ring (bicyclic) bond motifs is 3. The van der Waals surface area contributed by atoms with Gasteiger partial charge in [0.25, 0.3) is 0 Å². The van der Waals surface area contributed by atoms with E-state index in [9.17, 15) is 4.79 Å². The van der Waals surface area contributed by atoms with Crippen LogP contribution in [-0.2, 0) is 4.79 Å². The van der Waals surface area contributed by atoms with Gasteiger partial charge in [-0.05, 0) is 36.4 Å². The van der Waals surface area contributed by atoms with E-state index in [-0.39, 0.29) is 5.91 Å². The minimum absolute atomic E-state index is 0.295. The van der Waals surface area contributed by atoms with Gasteiger partial charge in [-0.15, -0.1) is 0 Å². The Kier molecular flexibility index (Phi) is 4.52. The van der Waals surface area contributed by atoms with Crippen molar-refractivity contribution in [3.05, 3.63) is 71.5 Å². The molecule has 2 aromatic heterocycles. The third-order valence-corrected chi connectivity index (χ3v) is 4.47. The van der Waals surface area contributed by atoms with Crippen LogP contribution in [0.3, 0.4) is 0 Å². The number of benzene rings is 2. The van der Waals surface area contributed by atoms with Gasteiger partial charge in [0.15, 0.2) is 0 Å². The van der Waals surface area contributed by atoms with Gasteiger partial charge in [-0.2, -0.15) is 0 Å². The van der Waals surface area contributed by atoms with Crippen molar-refractivity contribution in [2.24, 2.45) is 0 Å². The number of hydrogen-bond acceptors (Lipinski definition) is 3. The molecule has 0 aliphatic heterocycles. The van der Waals surface area contributed by atoms with Crippen molar-refractivity contribution < 1.29 is 9.53 Å². The monoisotopic (exact) mass is 377 g/mol. The van der Waals surface area contributed by atoms with Crippen LogP contribution in [0.2, 0.25) is 5.02 Å². The van der Waals surface area contributed by atoms with Crippen LogP contribution in [0.5, 0.6) is 5.75 Å². The van der Waals surface area contributed by atoms with Gasteiger partial charge in [0, 0.05) is 27.4 Å². The Morgan fingerprint density at radius 2 is 2.00 bits per heavy atom. The maximum atomic E-state index is 12.3. The quantitative estimate of drug-likeness (QED) is 0.490. The molecule has 0 atom stereocenters. The third-order valence-electron chi connectivity index (χ3n) is 4.24. The zero-order chi connectivity index (χ0) is 18.8. The summed E-state index contributed by atoms with van der Waals surface area (Å²) in [6.07, 6.45) is 4.88. The average molecular weight is 378 g/mol. The van der Waals surface area contributed by atoms with E-state index in [4.69, 9.17) is 16.3 Å². The molecular formula is C21H16ClN3O2. The number of nitrogens with zero attached hydrogens (tertiary/aromatic N) is 1. The molecule has 2 heterocycles. The molecule has 2 aromatic carbocycles. The summed E-state index contributed by atoms with van der Waals surface area (Å²) in [5.74, 6) is 0.246. The van der Waals surface area contributed by atoms with Crippen LogP contribution in [0.4, 0.5) is 5.69 Å². The highest BCUT2D eigenvalue weighted by Crippen LogP contribution is 2.28. The number of H-pyrrole nitrogens is 1. The van der Waals surface area contributed by atoms with Crippen molar-refractivity contribution in [1.82, 2.24) is 9.97 Å². The van der Waals surface area contributed by atoms with Gasteiger partial charge in [0.2, 0.25) is 5.91 Å². The van der Waals surface area contributed by atoms with Crippen molar-refractivity contribution >= 4 is 51.1 Å². The van der Waals surface area contributed by atoms with Gasteiger partial charge in [-0.1, -0.05) is 29.8 Å². The smallest absolute Gasteiger partial charge is 0.248 e. The van der Waals surface area contributed by atoms with Gasteiger partial charge in [-0.3, -0.25) is 9.78 Å². The lowest BCUT2D eigenvalue weighted by Gasteiger charge is -2.08. The van der Waals surface area contributed by atoms with E-state index < -0.39 is 0 Å². The number of aromatic nitrogens is 2. The Labute approximate surface area is 160 Å². The number of carbonyl (C=O) groups is 1. The fourth-order valence-electron chi connectivity index (χ4n) is 2.97. The van der Waals surface area contributed by atoms with E-state index in [0.717, 1.165) is 21.8 Å². The number of para-hydroxylation sites is 1. The molecule has 0 radical (unpaired) electrons. The summed E-state index contributed by atoms with van der Waals surface area (Å²) in [5.41, 5.74) is 3.22. The van der Waals surface area contributed by atoms with E-state index >= 15 is 0 Å². The predicted molar refractivity (Wildman–Crippen MR) is 109 cm³/mol. The van der Waals surface area contributed by atoms with Gasteiger partial charge in [-0.25, -0.2) is 0 Å². The number of halogens is 1. The Balaban J connectivity index is 1.58. The highest BCUT2D eigenvalue weighted by Gasteiger charge is 2.07. The largest absolute Gasteiger partial charge is 0.495 e. The van der Waals surface area contributed by atoms with Crippen molar-refractivity contribution in [3.8, 4) is 5.75 Å². The summed E-state index contributed by atoms with van der Waals surface area (Å²) < 4.78 is 5.23. The topological polar surface area (TPSA) is 67.0 Å². The number of rotatable bonds is 4. The summed E-state index contributed by atoms with van der Waals surface area (Å²) in [5, 5.41) is 5.47. The Bertz CT molecular complexity index is 1180. The maximum Gasteiger partial charge on any atom is 0.248 e. The minimum Gasteiger partial charge on any atom is -0.495 e.